The first-order valence-electron chi connectivity index (χ1n) is 4.73. The lowest BCUT2D eigenvalue weighted by Crippen LogP contribution is -2.47. The van der Waals surface area contributed by atoms with Crippen LogP contribution in [0.5, 0.6) is 0 Å². The molecule has 0 unspecified atom stereocenters. The van der Waals surface area contributed by atoms with Crippen molar-refractivity contribution >= 4 is 31.9 Å². The van der Waals surface area contributed by atoms with Gasteiger partial charge in [0.15, 0.2) is 5.79 Å². The van der Waals surface area contributed by atoms with Crippen molar-refractivity contribution in [1.29, 1.82) is 0 Å². The van der Waals surface area contributed by atoms with Crippen LogP contribution >= 0.6 is 31.9 Å². The zero-order valence-electron chi connectivity index (χ0n) is 8.06. The summed E-state index contributed by atoms with van der Waals surface area (Å²) in [6.45, 7) is 5.65. The fourth-order valence-corrected chi connectivity index (χ4v) is 3.09. The fourth-order valence-electron chi connectivity index (χ4n) is 1.57. The average Bonchev–Trinajstić information content (AvgIpc) is 2.65. The molecule has 0 saturated carbocycles. The Balaban J connectivity index is 2.73. The molecule has 1 aliphatic heterocycles. The third kappa shape index (κ3) is 2.28. The van der Waals surface area contributed by atoms with Crippen molar-refractivity contribution in [2.75, 3.05) is 13.2 Å². The molecule has 0 N–H and O–H groups in total. The maximum absolute atomic E-state index is 5.73. The van der Waals surface area contributed by atoms with E-state index in [2.05, 4.69) is 45.7 Å². The third-order valence-corrected chi connectivity index (χ3v) is 4.90. The predicted octanol–water partition coefficient (Wildman–Crippen LogP) is 3.08. The zero-order chi connectivity index (χ0) is 9.90. The minimum atomic E-state index is -0.455. The fraction of sp³-hybridized carbons (Fsp3) is 1.00. The molecular formula is C9H16Br2O2. The van der Waals surface area contributed by atoms with E-state index < -0.39 is 5.79 Å². The van der Waals surface area contributed by atoms with Gasteiger partial charge in [-0.05, 0) is 12.8 Å². The number of alkyl halides is 2. The highest BCUT2D eigenvalue weighted by Gasteiger charge is 2.47. The summed E-state index contributed by atoms with van der Waals surface area (Å²) in [5, 5.41) is 0. The number of hydrogen-bond acceptors (Lipinski definition) is 2. The quantitative estimate of drug-likeness (QED) is 0.742. The van der Waals surface area contributed by atoms with Gasteiger partial charge in [-0.25, -0.2) is 0 Å². The molecule has 78 valence electrons. The van der Waals surface area contributed by atoms with Gasteiger partial charge in [0, 0.05) is 0 Å². The summed E-state index contributed by atoms with van der Waals surface area (Å²) in [7, 11) is 0. The molecule has 2 atom stereocenters. The van der Waals surface area contributed by atoms with Crippen LogP contribution in [0.2, 0.25) is 0 Å². The van der Waals surface area contributed by atoms with E-state index in [0.717, 1.165) is 12.8 Å². The molecule has 0 bridgehead atoms. The van der Waals surface area contributed by atoms with Gasteiger partial charge in [-0.1, -0.05) is 45.7 Å². The van der Waals surface area contributed by atoms with E-state index in [1.807, 2.05) is 0 Å². The van der Waals surface area contributed by atoms with E-state index >= 15 is 0 Å². The van der Waals surface area contributed by atoms with Crippen molar-refractivity contribution < 1.29 is 9.47 Å². The molecule has 1 saturated heterocycles. The van der Waals surface area contributed by atoms with Crippen LogP contribution in [0.1, 0.15) is 26.7 Å². The van der Waals surface area contributed by atoms with Crippen molar-refractivity contribution in [1.82, 2.24) is 0 Å². The van der Waals surface area contributed by atoms with Crippen molar-refractivity contribution in [2.45, 2.75) is 42.1 Å². The van der Waals surface area contributed by atoms with Crippen LogP contribution < -0.4 is 0 Å². The Morgan fingerprint density at radius 1 is 1.08 bits per heavy atom. The van der Waals surface area contributed by atoms with Gasteiger partial charge in [-0.3, -0.25) is 0 Å². The maximum Gasteiger partial charge on any atom is 0.193 e. The molecule has 0 aromatic rings. The second kappa shape index (κ2) is 5.10. The highest BCUT2D eigenvalue weighted by atomic mass is 79.9. The van der Waals surface area contributed by atoms with Crippen molar-refractivity contribution in [3.05, 3.63) is 0 Å². The van der Waals surface area contributed by atoms with Gasteiger partial charge in [0.1, 0.15) is 0 Å². The monoisotopic (exact) mass is 314 g/mol. The Labute approximate surface area is 96.6 Å². The van der Waals surface area contributed by atoms with E-state index in [9.17, 15) is 0 Å². The Kier molecular flexibility index (Phi) is 4.69. The molecule has 1 fully saturated rings. The second-order valence-electron chi connectivity index (χ2n) is 3.17. The summed E-state index contributed by atoms with van der Waals surface area (Å²) in [6.07, 6.45) is 2.00. The van der Waals surface area contributed by atoms with Gasteiger partial charge in [0.2, 0.25) is 0 Å². The first-order valence-corrected chi connectivity index (χ1v) is 6.56. The largest absolute Gasteiger partial charge is 0.345 e. The van der Waals surface area contributed by atoms with Crippen LogP contribution in [0.25, 0.3) is 0 Å². The molecule has 0 amide bonds. The number of ether oxygens (including phenoxy) is 2. The minimum absolute atomic E-state index is 0.256. The predicted molar refractivity (Wildman–Crippen MR) is 60.6 cm³/mol. The van der Waals surface area contributed by atoms with Crippen LogP contribution in [-0.2, 0) is 9.47 Å². The van der Waals surface area contributed by atoms with Gasteiger partial charge in [-0.15, -0.1) is 0 Å². The second-order valence-corrected chi connectivity index (χ2v) is 5.38. The number of halogens is 2. The standard InChI is InChI=1S/C9H16Br2O2/c1-3-7(10)9(8(11)4-2)12-5-6-13-9/h7-8H,3-6H2,1-2H3/t7-,8+. The summed E-state index contributed by atoms with van der Waals surface area (Å²) in [5.41, 5.74) is 0. The van der Waals surface area contributed by atoms with E-state index in [-0.39, 0.29) is 9.65 Å². The Hall–Kier alpha value is 0.880. The van der Waals surface area contributed by atoms with Crippen LogP contribution in [0, 0.1) is 0 Å². The molecule has 4 heteroatoms. The lowest BCUT2D eigenvalue weighted by atomic mass is 10.1. The summed E-state index contributed by atoms with van der Waals surface area (Å²) >= 11 is 7.24. The average molecular weight is 316 g/mol. The SMILES string of the molecule is CC[C@@H](Br)C1([C@@H](Br)CC)OCCO1. The molecule has 1 heterocycles. The van der Waals surface area contributed by atoms with Gasteiger partial charge >= 0.3 is 0 Å². The van der Waals surface area contributed by atoms with Crippen LogP contribution in [0.15, 0.2) is 0 Å². The smallest absolute Gasteiger partial charge is 0.193 e. The first-order chi connectivity index (χ1) is 6.17. The van der Waals surface area contributed by atoms with Gasteiger partial charge in [-0.2, -0.15) is 0 Å². The van der Waals surface area contributed by atoms with Crippen molar-refractivity contribution in [3.8, 4) is 0 Å². The molecule has 0 aliphatic carbocycles. The molecular weight excluding hydrogens is 300 g/mol. The van der Waals surface area contributed by atoms with Crippen LogP contribution in [-0.4, -0.2) is 28.7 Å². The minimum Gasteiger partial charge on any atom is -0.345 e. The molecule has 1 rings (SSSR count). The lowest BCUT2D eigenvalue weighted by molar-refractivity contribution is -0.154. The molecule has 1 aliphatic rings. The topological polar surface area (TPSA) is 18.5 Å². The molecule has 13 heavy (non-hydrogen) atoms. The Morgan fingerprint density at radius 2 is 1.46 bits per heavy atom. The van der Waals surface area contributed by atoms with E-state index in [1.165, 1.54) is 0 Å². The lowest BCUT2D eigenvalue weighted by Gasteiger charge is -2.35. The third-order valence-electron chi connectivity index (χ3n) is 2.33. The summed E-state index contributed by atoms with van der Waals surface area (Å²) in [6, 6.07) is 0. The molecule has 0 spiro atoms. The normalized spacial score (nSPS) is 25.8. The summed E-state index contributed by atoms with van der Waals surface area (Å²) in [4.78, 5) is 0.513. The van der Waals surface area contributed by atoms with E-state index in [1.54, 1.807) is 0 Å². The van der Waals surface area contributed by atoms with Gasteiger partial charge in [0.05, 0.1) is 22.9 Å². The zero-order valence-corrected chi connectivity index (χ0v) is 11.2. The Bertz CT molecular complexity index is 146. The van der Waals surface area contributed by atoms with E-state index in [4.69, 9.17) is 9.47 Å². The molecule has 0 aromatic heterocycles. The molecule has 2 nitrogen and oxygen atoms in total. The Morgan fingerprint density at radius 3 is 1.77 bits per heavy atom. The van der Waals surface area contributed by atoms with Crippen molar-refractivity contribution in [3.63, 3.8) is 0 Å². The molecule has 0 radical (unpaired) electrons. The van der Waals surface area contributed by atoms with E-state index in [0.29, 0.717) is 13.2 Å². The van der Waals surface area contributed by atoms with Crippen molar-refractivity contribution in [2.24, 2.45) is 0 Å². The van der Waals surface area contributed by atoms with Gasteiger partial charge in [0.25, 0.3) is 0 Å². The number of rotatable bonds is 4. The maximum atomic E-state index is 5.73. The highest BCUT2D eigenvalue weighted by Crippen LogP contribution is 2.38. The summed E-state index contributed by atoms with van der Waals surface area (Å²) in [5.74, 6) is -0.455. The van der Waals surface area contributed by atoms with Gasteiger partial charge < -0.3 is 9.47 Å². The molecule has 0 aromatic carbocycles. The highest BCUT2D eigenvalue weighted by molar-refractivity contribution is 9.10. The summed E-state index contributed by atoms with van der Waals surface area (Å²) < 4.78 is 11.5. The van der Waals surface area contributed by atoms with Crippen LogP contribution in [0.4, 0.5) is 0 Å². The number of hydrogen-bond donors (Lipinski definition) is 0. The van der Waals surface area contributed by atoms with Crippen LogP contribution in [0.3, 0.4) is 0 Å². The first kappa shape index (κ1) is 12.0.